The van der Waals surface area contributed by atoms with Crippen molar-refractivity contribution in [3.05, 3.63) is 88.0 Å². The van der Waals surface area contributed by atoms with Gasteiger partial charge in [0.1, 0.15) is 11.5 Å². The summed E-state index contributed by atoms with van der Waals surface area (Å²) in [6.07, 6.45) is 5.49. The van der Waals surface area contributed by atoms with E-state index in [1.807, 2.05) is 66.7 Å². The quantitative estimate of drug-likeness (QED) is 0.835. The third kappa shape index (κ3) is 3.40. The zero-order valence-corrected chi connectivity index (χ0v) is 13.2. The topological polar surface area (TPSA) is 41.5 Å². The Morgan fingerprint density at radius 1 is 1.00 bits per heavy atom. The van der Waals surface area contributed by atoms with Crippen molar-refractivity contribution in [2.75, 3.05) is 0 Å². The number of carbonyl (C=O) groups is 1. The van der Waals surface area contributed by atoms with E-state index in [1.165, 1.54) is 0 Å². The molecule has 108 valence electrons. The fourth-order valence-corrected chi connectivity index (χ4v) is 2.31. The Hall–Kier alpha value is -2.46. The van der Waals surface area contributed by atoms with Crippen LogP contribution in [0.3, 0.4) is 0 Å². The number of nitrogens with zero attached hydrogens (tertiary/aromatic N) is 1. The van der Waals surface area contributed by atoms with E-state index >= 15 is 0 Å². The Bertz CT molecular complexity index is 774. The van der Waals surface area contributed by atoms with Crippen molar-refractivity contribution in [3.8, 4) is 0 Å². The lowest BCUT2D eigenvalue weighted by atomic mass is 10.2. The average Bonchev–Trinajstić information content (AvgIpc) is 2.90. The second-order valence-electron chi connectivity index (χ2n) is 4.74. The predicted octanol–water partition coefficient (Wildman–Crippen LogP) is 3.92. The predicted molar refractivity (Wildman–Crippen MR) is 92.4 cm³/mol. The van der Waals surface area contributed by atoms with Crippen LogP contribution in [0.5, 0.6) is 0 Å². The highest BCUT2D eigenvalue weighted by Crippen LogP contribution is 2.15. The number of halogens is 1. The van der Waals surface area contributed by atoms with Gasteiger partial charge in [0.05, 0.1) is 0 Å². The van der Waals surface area contributed by atoms with E-state index in [-0.39, 0.29) is 5.91 Å². The summed E-state index contributed by atoms with van der Waals surface area (Å²) in [5.41, 5.74) is 2.37. The molecule has 1 amide bonds. The van der Waals surface area contributed by atoms with Gasteiger partial charge in [-0.1, -0.05) is 70.5 Å². The minimum Gasteiger partial charge on any atom is -0.305 e. The van der Waals surface area contributed by atoms with E-state index in [2.05, 4.69) is 26.2 Å². The number of allylic oxidation sites excluding steroid dienone is 2. The molecular formula is C18H13BrN2O. The van der Waals surface area contributed by atoms with Crippen LogP contribution in [0.4, 0.5) is 0 Å². The first-order valence-electron chi connectivity index (χ1n) is 6.82. The summed E-state index contributed by atoms with van der Waals surface area (Å²) in [5.74, 6) is 0.396. The van der Waals surface area contributed by atoms with Crippen LogP contribution in [-0.4, -0.2) is 11.7 Å². The molecule has 0 spiro atoms. The second-order valence-corrected chi connectivity index (χ2v) is 5.66. The first kappa shape index (κ1) is 14.5. The van der Waals surface area contributed by atoms with Crippen LogP contribution in [-0.2, 0) is 4.79 Å². The van der Waals surface area contributed by atoms with E-state index in [1.54, 1.807) is 6.08 Å². The maximum absolute atomic E-state index is 11.9. The van der Waals surface area contributed by atoms with Gasteiger partial charge in [-0.05, 0) is 23.8 Å². The van der Waals surface area contributed by atoms with Crippen molar-refractivity contribution in [3.63, 3.8) is 0 Å². The number of nitrogens with one attached hydrogen (secondary N) is 1. The number of aliphatic imine (C=N–C) groups is 1. The second kappa shape index (κ2) is 6.54. The lowest BCUT2D eigenvalue weighted by molar-refractivity contribution is -0.115. The molecule has 3 rings (SSSR count). The van der Waals surface area contributed by atoms with Crippen molar-refractivity contribution in [1.29, 1.82) is 0 Å². The Kier molecular flexibility index (Phi) is 4.30. The summed E-state index contributed by atoms with van der Waals surface area (Å²) >= 11 is 3.39. The highest BCUT2D eigenvalue weighted by Gasteiger charge is 2.20. The average molecular weight is 353 g/mol. The van der Waals surface area contributed by atoms with Crippen LogP contribution in [0.15, 0.2) is 81.9 Å². The summed E-state index contributed by atoms with van der Waals surface area (Å²) in [7, 11) is 0. The number of hydrogen-bond donors (Lipinski definition) is 1. The number of amides is 1. The summed E-state index contributed by atoms with van der Waals surface area (Å²) in [5, 5.41) is 2.78. The molecule has 0 saturated carbocycles. The molecule has 0 saturated heterocycles. The van der Waals surface area contributed by atoms with Gasteiger partial charge in [-0.2, -0.15) is 0 Å². The number of benzene rings is 2. The molecule has 3 nitrogen and oxygen atoms in total. The molecule has 1 aliphatic rings. The largest absolute Gasteiger partial charge is 0.305 e. The molecule has 0 fully saturated rings. The van der Waals surface area contributed by atoms with Crippen molar-refractivity contribution in [2.24, 2.45) is 4.99 Å². The fourth-order valence-electron chi connectivity index (χ4n) is 2.04. The number of carbonyl (C=O) groups excluding carboxylic acids is 1. The maximum Gasteiger partial charge on any atom is 0.275 e. The van der Waals surface area contributed by atoms with Crippen molar-refractivity contribution in [1.82, 2.24) is 5.32 Å². The molecule has 1 N–H and O–H groups in total. The molecule has 1 heterocycles. The molecule has 22 heavy (non-hydrogen) atoms. The molecule has 0 aromatic heterocycles. The third-order valence-corrected chi connectivity index (χ3v) is 3.69. The van der Waals surface area contributed by atoms with E-state index in [0.717, 1.165) is 15.6 Å². The third-order valence-electron chi connectivity index (χ3n) is 3.16. The summed E-state index contributed by atoms with van der Waals surface area (Å²) < 4.78 is 0.989. The zero-order chi connectivity index (χ0) is 15.4. The highest BCUT2D eigenvalue weighted by atomic mass is 79.9. The van der Waals surface area contributed by atoms with Crippen LogP contribution >= 0.6 is 15.9 Å². The Morgan fingerprint density at radius 3 is 2.45 bits per heavy atom. The van der Waals surface area contributed by atoms with Gasteiger partial charge < -0.3 is 5.32 Å². The lowest BCUT2D eigenvalue weighted by Gasteiger charge is -1.99. The number of rotatable bonds is 3. The first-order chi connectivity index (χ1) is 10.7. The van der Waals surface area contributed by atoms with Crippen LogP contribution in [0.25, 0.3) is 6.08 Å². The van der Waals surface area contributed by atoms with Gasteiger partial charge in [0, 0.05) is 10.0 Å². The highest BCUT2D eigenvalue weighted by molar-refractivity contribution is 9.10. The standard InChI is InChI=1S/C18H13BrN2O/c19-15-11-9-14(10-12-15)17-20-16(18(22)21-17)8-4-7-13-5-2-1-3-6-13/h1-12H,(H,20,21,22)/b7-4+,16-8-. The van der Waals surface area contributed by atoms with Crippen molar-refractivity contribution in [2.45, 2.75) is 0 Å². The SMILES string of the molecule is O=C1NC(c2ccc(Br)cc2)=N/C1=C\C=C\c1ccccc1. The van der Waals surface area contributed by atoms with Crippen LogP contribution in [0.1, 0.15) is 11.1 Å². The van der Waals surface area contributed by atoms with Gasteiger partial charge >= 0.3 is 0 Å². The molecule has 0 bridgehead atoms. The van der Waals surface area contributed by atoms with Crippen LogP contribution < -0.4 is 5.32 Å². The van der Waals surface area contributed by atoms with E-state index in [4.69, 9.17) is 0 Å². The van der Waals surface area contributed by atoms with Crippen molar-refractivity contribution >= 4 is 33.7 Å². The molecule has 2 aromatic carbocycles. The number of hydrogen-bond acceptors (Lipinski definition) is 2. The van der Waals surface area contributed by atoms with Crippen LogP contribution in [0, 0.1) is 0 Å². The van der Waals surface area contributed by atoms with Crippen LogP contribution in [0.2, 0.25) is 0 Å². The summed E-state index contributed by atoms with van der Waals surface area (Å²) in [6.45, 7) is 0. The zero-order valence-electron chi connectivity index (χ0n) is 11.7. The molecular weight excluding hydrogens is 340 g/mol. The molecule has 0 unspecified atom stereocenters. The molecule has 0 radical (unpaired) electrons. The van der Waals surface area contributed by atoms with Crippen molar-refractivity contribution < 1.29 is 4.79 Å². The maximum atomic E-state index is 11.9. The van der Waals surface area contributed by atoms with Gasteiger partial charge in [0.2, 0.25) is 0 Å². The minimum atomic E-state index is -0.185. The van der Waals surface area contributed by atoms with E-state index in [9.17, 15) is 4.79 Å². The Labute approximate surface area is 137 Å². The monoisotopic (exact) mass is 352 g/mol. The van der Waals surface area contributed by atoms with Gasteiger partial charge in [-0.25, -0.2) is 4.99 Å². The summed E-state index contributed by atoms with van der Waals surface area (Å²) in [6, 6.07) is 17.6. The number of amidine groups is 1. The molecule has 4 heteroatoms. The molecule has 0 aliphatic carbocycles. The van der Waals surface area contributed by atoms with Gasteiger partial charge in [-0.3, -0.25) is 4.79 Å². The van der Waals surface area contributed by atoms with E-state index in [0.29, 0.717) is 11.5 Å². The van der Waals surface area contributed by atoms with Gasteiger partial charge in [-0.15, -0.1) is 0 Å². The fraction of sp³-hybridized carbons (Fsp3) is 0. The Balaban J connectivity index is 1.79. The normalized spacial score (nSPS) is 16.1. The smallest absolute Gasteiger partial charge is 0.275 e. The lowest BCUT2D eigenvalue weighted by Crippen LogP contribution is -2.24. The molecule has 0 atom stereocenters. The Morgan fingerprint density at radius 2 is 1.73 bits per heavy atom. The first-order valence-corrected chi connectivity index (χ1v) is 7.61. The molecule has 1 aliphatic heterocycles. The minimum absolute atomic E-state index is 0.185. The molecule has 2 aromatic rings. The van der Waals surface area contributed by atoms with E-state index < -0.39 is 0 Å². The van der Waals surface area contributed by atoms with Gasteiger partial charge in [0.25, 0.3) is 5.91 Å². The summed E-state index contributed by atoms with van der Waals surface area (Å²) in [4.78, 5) is 16.3. The van der Waals surface area contributed by atoms with Gasteiger partial charge in [0.15, 0.2) is 0 Å².